The summed E-state index contributed by atoms with van der Waals surface area (Å²) in [6.07, 6.45) is 1.32. The lowest BCUT2D eigenvalue weighted by Crippen LogP contribution is -2.07. The number of amides is 1. The SMILES string of the molecule is O=C1Cc2cnc(S(=O)(=O)O)nc2N1. The van der Waals surface area contributed by atoms with Crippen LogP contribution in [-0.2, 0) is 21.3 Å². The van der Waals surface area contributed by atoms with Crippen LogP contribution in [0.15, 0.2) is 11.4 Å². The summed E-state index contributed by atoms with van der Waals surface area (Å²) in [5.74, 6) is -0.139. The number of nitrogens with zero attached hydrogens (tertiary/aromatic N) is 2. The zero-order valence-corrected chi connectivity index (χ0v) is 7.58. The number of nitrogens with one attached hydrogen (secondary N) is 1. The van der Waals surface area contributed by atoms with E-state index in [0.29, 0.717) is 5.56 Å². The third-order valence-electron chi connectivity index (χ3n) is 1.68. The van der Waals surface area contributed by atoms with Crippen molar-refractivity contribution < 1.29 is 17.8 Å². The van der Waals surface area contributed by atoms with Gasteiger partial charge in [0.15, 0.2) is 0 Å². The van der Waals surface area contributed by atoms with E-state index in [4.69, 9.17) is 4.55 Å². The lowest BCUT2D eigenvalue weighted by atomic mass is 10.3. The molecule has 2 N–H and O–H groups in total. The van der Waals surface area contributed by atoms with E-state index in [0.717, 1.165) is 0 Å². The van der Waals surface area contributed by atoms with E-state index in [9.17, 15) is 13.2 Å². The average molecular weight is 215 g/mol. The van der Waals surface area contributed by atoms with Gasteiger partial charge >= 0.3 is 10.1 Å². The molecule has 8 heteroatoms. The molecular weight excluding hydrogens is 210 g/mol. The summed E-state index contributed by atoms with van der Waals surface area (Å²) in [6, 6.07) is 0. The first-order valence-corrected chi connectivity index (χ1v) is 5.04. The van der Waals surface area contributed by atoms with E-state index < -0.39 is 15.3 Å². The van der Waals surface area contributed by atoms with Crippen molar-refractivity contribution in [2.24, 2.45) is 0 Å². The van der Waals surface area contributed by atoms with Gasteiger partial charge in [-0.2, -0.15) is 13.4 Å². The molecule has 0 spiro atoms. The molecule has 1 aromatic rings. The minimum Gasteiger partial charge on any atom is -0.310 e. The number of aromatic nitrogens is 2. The molecule has 0 unspecified atom stereocenters. The van der Waals surface area contributed by atoms with E-state index in [2.05, 4.69) is 15.3 Å². The van der Waals surface area contributed by atoms with Gasteiger partial charge < -0.3 is 5.32 Å². The van der Waals surface area contributed by atoms with Crippen molar-refractivity contribution in [3.05, 3.63) is 11.8 Å². The molecule has 0 aliphatic carbocycles. The van der Waals surface area contributed by atoms with Gasteiger partial charge in [0.25, 0.3) is 5.16 Å². The maximum absolute atomic E-state index is 10.9. The second kappa shape index (κ2) is 2.72. The Balaban J connectivity index is 2.53. The number of carbonyl (C=O) groups excluding carboxylic acids is 1. The largest absolute Gasteiger partial charge is 0.330 e. The predicted molar refractivity (Wildman–Crippen MR) is 44.2 cm³/mol. The molecule has 0 saturated carbocycles. The van der Waals surface area contributed by atoms with Crippen LogP contribution in [0, 0.1) is 0 Å². The summed E-state index contributed by atoms with van der Waals surface area (Å²) < 4.78 is 29.9. The highest BCUT2D eigenvalue weighted by atomic mass is 32.2. The van der Waals surface area contributed by atoms with E-state index in [-0.39, 0.29) is 18.1 Å². The summed E-state index contributed by atoms with van der Waals surface area (Å²) in [6.45, 7) is 0. The Morgan fingerprint density at radius 2 is 2.21 bits per heavy atom. The van der Waals surface area contributed by atoms with E-state index >= 15 is 0 Å². The molecule has 14 heavy (non-hydrogen) atoms. The summed E-state index contributed by atoms with van der Waals surface area (Å²) in [4.78, 5) is 17.8. The first-order chi connectivity index (χ1) is 6.47. The van der Waals surface area contributed by atoms with Crippen LogP contribution in [0.3, 0.4) is 0 Å². The molecule has 0 atom stereocenters. The van der Waals surface area contributed by atoms with Crippen LogP contribution in [0.5, 0.6) is 0 Å². The minimum absolute atomic E-state index is 0.126. The fourth-order valence-corrected chi connectivity index (χ4v) is 1.49. The van der Waals surface area contributed by atoms with Gasteiger partial charge in [-0.15, -0.1) is 0 Å². The molecule has 0 bridgehead atoms. The average Bonchev–Trinajstić information content (AvgIpc) is 2.41. The maximum Gasteiger partial charge on any atom is 0.330 e. The van der Waals surface area contributed by atoms with Crippen molar-refractivity contribution in [2.45, 2.75) is 11.6 Å². The second-order valence-corrected chi connectivity index (χ2v) is 4.04. The number of hydrogen-bond donors (Lipinski definition) is 2. The molecule has 1 aromatic heterocycles. The summed E-state index contributed by atoms with van der Waals surface area (Å²) in [5.41, 5.74) is 0.516. The normalized spacial score (nSPS) is 15.1. The highest BCUT2D eigenvalue weighted by molar-refractivity contribution is 7.85. The Morgan fingerprint density at radius 3 is 2.86 bits per heavy atom. The van der Waals surface area contributed by atoms with Crippen molar-refractivity contribution in [3.63, 3.8) is 0 Å². The topological polar surface area (TPSA) is 109 Å². The number of hydrogen-bond acceptors (Lipinski definition) is 5. The number of fused-ring (bicyclic) bond motifs is 1. The van der Waals surface area contributed by atoms with E-state index in [1.807, 2.05) is 0 Å². The lowest BCUT2D eigenvalue weighted by Gasteiger charge is -1.98. The third kappa shape index (κ3) is 1.44. The molecule has 0 aromatic carbocycles. The Kier molecular flexibility index (Phi) is 1.76. The Hall–Kier alpha value is -1.54. The molecule has 2 heterocycles. The van der Waals surface area contributed by atoms with Gasteiger partial charge in [0, 0.05) is 11.8 Å². The van der Waals surface area contributed by atoms with Crippen LogP contribution in [0.25, 0.3) is 0 Å². The Bertz CT molecular complexity index is 510. The van der Waals surface area contributed by atoms with Crippen LogP contribution in [0.4, 0.5) is 5.82 Å². The smallest absolute Gasteiger partial charge is 0.310 e. The monoisotopic (exact) mass is 215 g/mol. The molecule has 0 radical (unpaired) electrons. The Morgan fingerprint density at radius 1 is 1.50 bits per heavy atom. The van der Waals surface area contributed by atoms with Gasteiger partial charge in [-0.1, -0.05) is 0 Å². The molecule has 7 nitrogen and oxygen atoms in total. The van der Waals surface area contributed by atoms with Gasteiger partial charge in [-0.05, 0) is 0 Å². The quantitative estimate of drug-likeness (QED) is 0.469. The van der Waals surface area contributed by atoms with Crippen molar-refractivity contribution in [1.82, 2.24) is 9.97 Å². The van der Waals surface area contributed by atoms with Crippen LogP contribution in [0.2, 0.25) is 0 Å². The lowest BCUT2D eigenvalue weighted by molar-refractivity contribution is -0.115. The fraction of sp³-hybridized carbons (Fsp3) is 0.167. The summed E-state index contributed by atoms with van der Waals surface area (Å²) in [7, 11) is -4.42. The first kappa shape index (κ1) is 9.03. The van der Waals surface area contributed by atoms with Crippen LogP contribution >= 0.6 is 0 Å². The van der Waals surface area contributed by atoms with Crippen molar-refractivity contribution >= 4 is 21.8 Å². The predicted octanol–water partition coefficient (Wildman–Crippen LogP) is -0.782. The molecule has 0 saturated heterocycles. The molecule has 1 amide bonds. The number of carbonyl (C=O) groups is 1. The molecule has 0 fully saturated rings. The van der Waals surface area contributed by atoms with Crippen LogP contribution < -0.4 is 5.32 Å². The molecule has 1 aliphatic rings. The van der Waals surface area contributed by atoms with Gasteiger partial charge in [0.1, 0.15) is 5.82 Å². The van der Waals surface area contributed by atoms with Gasteiger partial charge in [0.2, 0.25) is 5.91 Å². The highest BCUT2D eigenvalue weighted by Gasteiger charge is 2.23. The van der Waals surface area contributed by atoms with Crippen molar-refractivity contribution in [3.8, 4) is 0 Å². The summed E-state index contributed by atoms with van der Waals surface area (Å²) >= 11 is 0. The zero-order valence-electron chi connectivity index (χ0n) is 6.76. The van der Waals surface area contributed by atoms with Crippen molar-refractivity contribution in [1.29, 1.82) is 0 Å². The van der Waals surface area contributed by atoms with Gasteiger partial charge in [-0.25, -0.2) is 4.98 Å². The first-order valence-electron chi connectivity index (χ1n) is 3.60. The highest BCUT2D eigenvalue weighted by Crippen LogP contribution is 2.19. The standard InChI is InChI=1S/C6H5N3O4S/c10-4-1-3-2-7-6(14(11,12)13)9-5(3)8-4/h2H,1H2,(H,11,12,13)(H,7,8,9,10). The van der Waals surface area contributed by atoms with Crippen LogP contribution in [0.1, 0.15) is 5.56 Å². The Labute approximate surface area is 78.9 Å². The van der Waals surface area contributed by atoms with Crippen LogP contribution in [-0.4, -0.2) is 28.8 Å². The second-order valence-electron chi connectivity index (χ2n) is 2.73. The minimum atomic E-state index is -4.42. The molecule has 74 valence electrons. The maximum atomic E-state index is 10.9. The fourth-order valence-electron chi connectivity index (χ4n) is 1.10. The van der Waals surface area contributed by atoms with Gasteiger partial charge in [0.05, 0.1) is 6.42 Å². The third-order valence-corrected chi connectivity index (χ3v) is 2.34. The molecule has 2 rings (SSSR count). The number of anilines is 1. The number of rotatable bonds is 1. The van der Waals surface area contributed by atoms with Gasteiger partial charge in [-0.3, -0.25) is 9.35 Å². The van der Waals surface area contributed by atoms with E-state index in [1.54, 1.807) is 0 Å². The van der Waals surface area contributed by atoms with E-state index in [1.165, 1.54) is 6.20 Å². The summed E-state index contributed by atoms with van der Waals surface area (Å²) in [5, 5.41) is 1.63. The molecule has 1 aliphatic heterocycles. The van der Waals surface area contributed by atoms with Crippen molar-refractivity contribution in [2.75, 3.05) is 5.32 Å². The zero-order chi connectivity index (χ0) is 10.3. The molecular formula is C6H5N3O4S.